The summed E-state index contributed by atoms with van der Waals surface area (Å²) in [6.45, 7) is 3.36. The summed E-state index contributed by atoms with van der Waals surface area (Å²) < 4.78 is 14.0. The van der Waals surface area contributed by atoms with Gasteiger partial charge in [0, 0.05) is 26.2 Å². The normalized spacial score (nSPS) is 14.3. The number of benzene rings is 1. The van der Waals surface area contributed by atoms with Crippen molar-refractivity contribution in [2.45, 2.75) is 0 Å². The number of rotatable bonds is 3. The minimum atomic E-state index is -0.705. The lowest BCUT2D eigenvalue weighted by Crippen LogP contribution is -2.44. The molecule has 0 saturated carbocycles. The predicted octanol–water partition coefficient (Wildman–Crippen LogP) is 1.73. The quantitative estimate of drug-likeness (QED) is 0.875. The van der Waals surface area contributed by atoms with Gasteiger partial charge in [0.25, 0.3) is 0 Å². The Balaban J connectivity index is 1.89. The molecule has 2 heterocycles. The summed E-state index contributed by atoms with van der Waals surface area (Å²) in [4.78, 5) is 18.9. The average Bonchev–Trinajstić information content (AvgIpc) is 2.62. The molecular formula is C17H15FN4O. The third kappa shape index (κ3) is 3.20. The van der Waals surface area contributed by atoms with Gasteiger partial charge in [-0.1, -0.05) is 6.07 Å². The number of nitrogens with one attached hydrogen (secondary N) is 1. The third-order valence-corrected chi connectivity index (χ3v) is 3.75. The molecule has 0 spiro atoms. The molecule has 0 atom stereocenters. The second-order valence-electron chi connectivity index (χ2n) is 5.25. The van der Waals surface area contributed by atoms with Gasteiger partial charge >= 0.3 is 0 Å². The fraction of sp³-hybridized carbons (Fsp3) is 0.235. The largest absolute Gasteiger partial charge is 0.354 e. The highest BCUT2D eigenvalue weighted by Crippen LogP contribution is 2.17. The fourth-order valence-corrected chi connectivity index (χ4v) is 2.53. The van der Waals surface area contributed by atoms with Gasteiger partial charge in [-0.3, -0.25) is 4.79 Å². The number of nitrogens with zero attached hydrogens (tertiary/aromatic N) is 3. The Hall–Kier alpha value is -2.78. The minimum absolute atomic E-state index is 0.0750. The number of hydrogen-bond acceptors (Lipinski definition) is 5. The SMILES string of the molecule is N#Cc1ccc(C(=O)c2cccc(N3CCNCC3)n2)c(F)c1. The summed E-state index contributed by atoms with van der Waals surface area (Å²) >= 11 is 0. The van der Waals surface area contributed by atoms with E-state index in [0.29, 0.717) is 5.82 Å². The number of aromatic nitrogens is 1. The summed E-state index contributed by atoms with van der Waals surface area (Å²) in [5.74, 6) is -0.473. The van der Waals surface area contributed by atoms with Crippen molar-refractivity contribution in [1.82, 2.24) is 10.3 Å². The number of carbonyl (C=O) groups is 1. The van der Waals surface area contributed by atoms with Gasteiger partial charge in [0.1, 0.15) is 17.3 Å². The van der Waals surface area contributed by atoms with Crippen LogP contribution < -0.4 is 10.2 Å². The van der Waals surface area contributed by atoms with Gasteiger partial charge < -0.3 is 10.2 Å². The smallest absolute Gasteiger partial charge is 0.214 e. The molecule has 1 aromatic carbocycles. The Bertz CT molecular complexity index is 778. The number of carbonyl (C=O) groups excluding carboxylic acids is 1. The summed E-state index contributed by atoms with van der Waals surface area (Å²) in [5.41, 5.74) is 0.306. The molecule has 0 unspecified atom stereocenters. The molecule has 5 nitrogen and oxygen atoms in total. The number of pyridine rings is 1. The van der Waals surface area contributed by atoms with Crippen LogP contribution in [0.25, 0.3) is 0 Å². The van der Waals surface area contributed by atoms with E-state index in [1.807, 2.05) is 12.1 Å². The zero-order valence-electron chi connectivity index (χ0n) is 12.4. The van der Waals surface area contributed by atoms with E-state index in [1.54, 1.807) is 12.1 Å². The molecule has 23 heavy (non-hydrogen) atoms. The first kappa shape index (κ1) is 15.1. The second-order valence-corrected chi connectivity index (χ2v) is 5.25. The van der Waals surface area contributed by atoms with Gasteiger partial charge in [-0.2, -0.15) is 5.26 Å². The standard InChI is InChI=1S/C17H15FN4O/c18-14-10-12(11-19)4-5-13(14)17(23)15-2-1-3-16(21-15)22-8-6-20-7-9-22/h1-5,10,20H,6-9H2. The number of nitriles is 1. The first-order chi connectivity index (χ1) is 11.2. The minimum Gasteiger partial charge on any atom is -0.354 e. The molecule has 6 heteroatoms. The van der Waals surface area contributed by atoms with E-state index >= 15 is 0 Å². The molecule has 1 fully saturated rings. The fourth-order valence-electron chi connectivity index (χ4n) is 2.53. The summed E-state index contributed by atoms with van der Waals surface area (Å²) in [5, 5.41) is 12.0. The molecule has 1 aliphatic heterocycles. The van der Waals surface area contributed by atoms with E-state index in [9.17, 15) is 9.18 Å². The summed E-state index contributed by atoms with van der Waals surface area (Å²) in [6, 6.07) is 10.8. The number of anilines is 1. The van der Waals surface area contributed by atoms with Gasteiger partial charge in [0.2, 0.25) is 5.78 Å². The van der Waals surface area contributed by atoms with E-state index in [2.05, 4.69) is 15.2 Å². The van der Waals surface area contributed by atoms with Crippen LogP contribution in [-0.4, -0.2) is 36.9 Å². The van der Waals surface area contributed by atoms with Crippen molar-refractivity contribution in [2.75, 3.05) is 31.1 Å². The van der Waals surface area contributed by atoms with Crippen LogP contribution in [0.2, 0.25) is 0 Å². The zero-order valence-corrected chi connectivity index (χ0v) is 12.4. The lowest BCUT2D eigenvalue weighted by Gasteiger charge is -2.28. The molecule has 1 saturated heterocycles. The molecule has 1 aliphatic rings. The first-order valence-corrected chi connectivity index (χ1v) is 7.36. The molecule has 3 rings (SSSR count). The first-order valence-electron chi connectivity index (χ1n) is 7.36. The molecule has 1 N–H and O–H groups in total. The van der Waals surface area contributed by atoms with Gasteiger partial charge in [0.05, 0.1) is 17.2 Å². The summed E-state index contributed by atoms with van der Waals surface area (Å²) in [7, 11) is 0. The molecule has 0 aliphatic carbocycles. The van der Waals surface area contributed by atoms with Crippen LogP contribution >= 0.6 is 0 Å². The van der Waals surface area contributed by atoms with Crippen LogP contribution in [-0.2, 0) is 0 Å². The number of ketones is 1. The van der Waals surface area contributed by atoms with Crippen LogP contribution in [0.1, 0.15) is 21.6 Å². The Kier molecular flexibility index (Phi) is 4.31. The Morgan fingerprint density at radius 2 is 2.04 bits per heavy atom. The van der Waals surface area contributed by atoms with Crippen LogP contribution in [0.4, 0.5) is 10.2 Å². The lowest BCUT2D eigenvalue weighted by molar-refractivity contribution is 0.103. The third-order valence-electron chi connectivity index (χ3n) is 3.75. The van der Waals surface area contributed by atoms with Gasteiger partial charge in [-0.25, -0.2) is 9.37 Å². The van der Waals surface area contributed by atoms with Gasteiger partial charge in [-0.05, 0) is 30.3 Å². The maximum absolute atomic E-state index is 14.0. The van der Waals surface area contributed by atoms with Crippen molar-refractivity contribution in [3.8, 4) is 6.07 Å². The van der Waals surface area contributed by atoms with Crippen LogP contribution in [0.3, 0.4) is 0 Å². The van der Waals surface area contributed by atoms with Crippen molar-refractivity contribution in [2.24, 2.45) is 0 Å². The topological polar surface area (TPSA) is 69.0 Å². The Morgan fingerprint density at radius 3 is 2.74 bits per heavy atom. The molecule has 2 aromatic rings. The maximum Gasteiger partial charge on any atom is 0.214 e. The molecule has 116 valence electrons. The second kappa shape index (κ2) is 6.55. The van der Waals surface area contributed by atoms with Crippen molar-refractivity contribution < 1.29 is 9.18 Å². The van der Waals surface area contributed by atoms with Crippen molar-refractivity contribution in [1.29, 1.82) is 5.26 Å². The van der Waals surface area contributed by atoms with Crippen molar-refractivity contribution in [3.63, 3.8) is 0 Å². The van der Waals surface area contributed by atoms with Crippen molar-refractivity contribution in [3.05, 3.63) is 59.0 Å². The van der Waals surface area contributed by atoms with E-state index in [4.69, 9.17) is 5.26 Å². The average molecular weight is 310 g/mol. The zero-order chi connectivity index (χ0) is 16.2. The molecule has 1 aromatic heterocycles. The maximum atomic E-state index is 14.0. The van der Waals surface area contributed by atoms with E-state index in [-0.39, 0.29) is 16.8 Å². The van der Waals surface area contributed by atoms with Crippen LogP contribution in [0, 0.1) is 17.1 Å². The lowest BCUT2D eigenvalue weighted by atomic mass is 10.0. The Labute approximate surface area is 133 Å². The highest BCUT2D eigenvalue weighted by molar-refractivity contribution is 6.08. The number of halogens is 1. The summed E-state index contributed by atoms with van der Waals surface area (Å²) in [6.07, 6.45) is 0. The van der Waals surface area contributed by atoms with E-state index in [1.165, 1.54) is 12.1 Å². The highest BCUT2D eigenvalue weighted by atomic mass is 19.1. The molecule has 0 bridgehead atoms. The van der Waals surface area contributed by atoms with Crippen molar-refractivity contribution >= 4 is 11.6 Å². The molecule has 0 amide bonds. The number of hydrogen-bond donors (Lipinski definition) is 1. The highest BCUT2D eigenvalue weighted by Gasteiger charge is 2.18. The van der Waals surface area contributed by atoms with E-state index in [0.717, 1.165) is 32.2 Å². The predicted molar refractivity (Wildman–Crippen MR) is 83.9 cm³/mol. The molecule has 0 radical (unpaired) electrons. The Morgan fingerprint density at radius 1 is 1.26 bits per heavy atom. The number of piperazine rings is 1. The monoisotopic (exact) mass is 310 g/mol. The van der Waals surface area contributed by atoms with Gasteiger partial charge in [-0.15, -0.1) is 0 Å². The van der Waals surface area contributed by atoms with Crippen LogP contribution in [0.5, 0.6) is 0 Å². The van der Waals surface area contributed by atoms with Gasteiger partial charge in [0.15, 0.2) is 0 Å². The van der Waals surface area contributed by atoms with Crippen LogP contribution in [0.15, 0.2) is 36.4 Å². The molecular weight excluding hydrogens is 295 g/mol. The van der Waals surface area contributed by atoms with E-state index < -0.39 is 11.6 Å².